The summed E-state index contributed by atoms with van der Waals surface area (Å²) in [4.78, 5) is 36.1. The van der Waals surface area contributed by atoms with Crippen LogP contribution < -0.4 is 10.6 Å². The largest absolute Gasteiger partial charge is 0.481 e. The fraction of sp³-hybridized carbons (Fsp3) is 0.786. The second-order valence-corrected chi connectivity index (χ2v) is 5.33. The minimum absolute atomic E-state index is 0.0443. The van der Waals surface area contributed by atoms with Gasteiger partial charge in [-0.15, -0.1) is 0 Å². The molecule has 1 saturated heterocycles. The standard InChI is InChI=1S/C14H25N3O4/c1-2-6-11(13(19)20)9-15-14(21)16-10-12(18)17-7-4-3-5-8-17/h11H,2-10H2,1H3,(H,19,20)(H2,15,16,21). The third kappa shape index (κ3) is 6.46. The fourth-order valence-electron chi connectivity index (χ4n) is 2.35. The van der Waals surface area contributed by atoms with Crippen molar-refractivity contribution in [1.29, 1.82) is 0 Å². The average molecular weight is 299 g/mol. The molecule has 0 aliphatic carbocycles. The molecular weight excluding hydrogens is 274 g/mol. The summed E-state index contributed by atoms with van der Waals surface area (Å²) >= 11 is 0. The smallest absolute Gasteiger partial charge is 0.315 e. The van der Waals surface area contributed by atoms with Gasteiger partial charge in [-0.05, 0) is 25.7 Å². The van der Waals surface area contributed by atoms with E-state index in [2.05, 4.69) is 10.6 Å². The first-order valence-corrected chi connectivity index (χ1v) is 7.56. The molecule has 0 aromatic heterocycles. The molecule has 0 aromatic rings. The lowest BCUT2D eigenvalue weighted by Crippen LogP contribution is -2.46. The third-order valence-electron chi connectivity index (χ3n) is 3.60. The van der Waals surface area contributed by atoms with Crippen LogP contribution in [-0.2, 0) is 9.59 Å². The quantitative estimate of drug-likeness (QED) is 0.647. The molecule has 7 heteroatoms. The number of carboxylic acid groups (broad SMARTS) is 1. The number of hydrogen-bond acceptors (Lipinski definition) is 3. The van der Waals surface area contributed by atoms with Crippen molar-refractivity contribution in [2.24, 2.45) is 5.92 Å². The molecule has 0 spiro atoms. The van der Waals surface area contributed by atoms with E-state index in [0.29, 0.717) is 6.42 Å². The summed E-state index contributed by atoms with van der Waals surface area (Å²) in [7, 11) is 0. The monoisotopic (exact) mass is 299 g/mol. The van der Waals surface area contributed by atoms with Gasteiger partial charge in [0.05, 0.1) is 12.5 Å². The van der Waals surface area contributed by atoms with Gasteiger partial charge in [0.25, 0.3) is 0 Å². The van der Waals surface area contributed by atoms with Gasteiger partial charge in [-0.2, -0.15) is 0 Å². The first-order valence-electron chi connectivity index (χ1n) is 7.56. The number of carboxylic acids is 1. The van der Waals surface area contributed by atoms with Crippen LogP contribution in [0.1, 0.15) is 39.0 Å². The van der Waals surface area contributed by atoms with E-state index in [1.807, 2.05) is 6.92 Å². The maximum Gasteiger partial charge on any atom is 0.315 e. The van der Waals surface area contributed by atoms with E-state index in [9.17, 15) is 14.4 Å². The van der Waals surface area contributed by atoms with Crippen LogP contribution in [0.3, 0.4) is 0 Å². The lowest BCUT2D eigenvalue weighted by molar-refractivity contribution is -0.141. The van der Waals surface area contributed by atoms with Crippen molar-refractivity contribution in [3.8, 4) is 0 Å². The highest BCUT2D eigenvalue weighted by molar-refractivity contribution is 5.84. The SMILES string of the molecule is CCCC(CNC(=O)NCC(=O)N1CCCCC1)C(=O)O. The van der Waals surface area contributed by atoms with Gasteiger partial charge in [0.15, 0.2) is 0 Å². The molecule has 1 aliphatic heterocycles. The number of aliphatic carboxylic acids is 1. The van der Waals surface area contributed by atoms with Crippen molar-refractivity contribution in [1.82, 2.24) is 15.5 Å². The lowest BCUT2D eigenvalue weighted by Gasteiger charge is -2.26. The molecule has 120 valence electrons. The Morgan fingerprint density at radius 2 is 1.81 bits per heavy atom. The van der Waals surface area contributed by atoms with Gasteiger partial charge in [0.2, 0.25) is 5.91 Å². The summed E-state index contributed by atoms with van der Waals surface area (Å²) < 4.78 is 0. The molecule has 0 saturated carbocycles. The highest BCUT2D eigenvalue weighted by Gasteiger charge is 2.19. The van der Waals surface area contributed by atoms with Crippen molar-refractivity contribution in [2.45, 2.75) is 39.0 Å². The molecule has 0 aromatic carbocycles. The number of amides is 3. The summed E-state index contributed by atoms with van der Waals surface area (Å²) in [5.74, 6) is -1.59. The Kier molecular flexibility index (Phi) is 7.56. The molecule has 21 heavy (non-hydrogen) atoms. The number of piperidine rings is 1. The first-order chi connectivity index (χ1) is 10.0. The van der Waals surface area contributed by atoms with Crippen molar-refractivity contribution >= 4 is 17.9 Å². The van der Waals surface area contributed by atoms with Crippen LogP contribution in [0, 0.1) is 5.92 Å². The molecule has 0 radical (unpaired) electrons. The minimum atomic E-state index is -0.915. The van der Waals surface area contributed by atoms with E-state index in [-0.39, 0.29) is 19.0 Å². The summed E-state index contributed by atoms with van der Waals surface area (Å²) in [6.45, 7) is 3.43. The van der Waals surface area contributed by atoms with Gasteiger partial charge in [-0.25, -0.2) is 4.79 Å². The average Bonchev–Trinajstić information content (AvgIpc) is 2.49. The maximum atomic E-state index is 11.8. The van der Waals surface area contributed by atoms with Gasteiger partial charge in [-0.1, -0.05) is 13.3 Å². The van der Waals surface area contributed by atoms with Crippen molar-refractivity contribution in [3.05, 3.63) is 0 Å². The number of hydrogen-bond donors (Lipinski definition) is 3. The molecule has 1 rings (SSSR count). The number of urea groups is 1. The fourth-order valence-corrected chi connectivity index (χ4v) is 2.35. The highest BCUT2D eigenvalue weighted by atomic mass is 16.4. The van der Waals surface area contributed by atoms with Gasteiger partial charge in [0.1, 0.15) is 0 Å². The normalized spacial score (nSPS) is 16.1. The molecular formula is C14H25N3O4. The molecule has 7 nitrogen and oxygen atoms in total. The highest BCUT2D eigenvalue weighted by Crippen LogP contribution is 2.08. The van der Waals surface area contributed by atoms with Crippen LogP contribution in [-0.4, -0.2) is 54.1 Å². The molecule has 1 unspecified atom stereocenters. The molecule has 3 N–H and O–H groups in total. The topological polar surface area (TPSA) is 98.7 Å². The summed E-state index contributed by atoms with van der Waals surface area (Å²) in [5, 5.41) is 14.0. The van der Waals surface area contributed by atoms with E-state index in [1.54, 1.807) is 4.90 Å². The zero-order valence-corrected chi connectivity index (χ0v) is 12.6. The zero-order valence-electron chi connectivity index (χ0n) is 12.6. The van der Waals surface area contributed by atoms with Crippen LogP contribution in [0.15, 0.2) is 0 Å². The van der Waals surface area contributed by atoms with Crippen molar-refractivity contribution < 1.29 is 19.5 Å². The Morgan fingerprint density at radius 3 is 2.38 bits per heavy atom. The number of nitrogens with zero attached hydrogens (tertiary/aromatic N) is 1. The van der Waals surface area contributed by atoms with Gasteiger partial charge >= 0.3 is 12.0 Å². The Labute approximate surface area is 125 Å². The number of rotatable bonds is 7. The van der Waals surface area contributed by atoms with Crippen molar-refractivity contribution in [3.63, 3.8) is 0 Å². The van der Waals surface area contributed by atoms with E-state index >= 15 is 0 Å². The second-order valence-electron chi connectivity index (χ2n) is 5.33. The van der Waals surface area contributed by atoms with Gasteiger partial charge in [0, 0.05) is 19.6 Å². The Morgan fingerprint density at radius 1 is 1.14 bits per heavy atom. The van der Waals surface area contributed by atoms with Crippen molar-refractivity contribution in [2.75, 3.05) is 26.2 Å². The second kappa shape index (κ2) is 9.20. The molecule has 1 fully saturated rings. The third-order valence-corrected chi connectivity index (χ3v) is 3.60. The molecule has 1 heterocycles. The van der Waals surface area contributed by atoms with Crippen LogP contribution >= 0.6 is 0 Å². The minimum Gasteiger partial charge on any atom is -0.481 e. The van der Waals surface area contributed by atoms with Crippen LogP contribution in [0.5, 0.6) is 0 Å². The summed E-state index contributed by atoms with van der Waals surface area (Å²) in [6, 6.07) is -0.497. The van der Waals surface area contributed by atoms with E-state index in [1.165, 1.54) is 0 Å². The van der Waals surface area contributed by atoms with Gasteiger partial charge < -0.3 is 20.6 Å². The predicted octanol–water partition coefficient (Wildman–Crippen LogP) is 0.799. The first kappa shape index (κ1) is 17.3. The molecule has 1 aliphatic rings. The van der Waals surface area contributed by atoms with E-state index in [0.717, 1.165) is 38.8 Å². The van der Waals surface area contributed by atoms with Crippen LogP contribution in [0.25, 0.3) is 0 Å². The van der Waals surface area contributed by atoms with Crippen LogP contribution in [0.4, 0.5) is 4.79 Å². The number of nitrogens with one attached hydrogen (secondary N) is 2. The summed E-state index contributed by atoms with van der Waals surface area (Å²) in [6.07, 6.45) is 4.42. The maximum absolute atomic E-state index is 11.8. The summed E-state index contributed by atoms with van der Waals surface area (Å²) in [5.41, 5.74) is 0. The molecule has 1 atom stereocenters. The molecule has 3 amide bonds. The van der Waals surface area contributed by atoms with Crippen LogP contribution in [0.2, 0.25) is 0 Å². The lowest BCUT2D eigenvalue weighted by atomic mass is 10.0. The number of carbonyl (C=O) groups excluding carboxylic acids is 2. The Hall–Kier alpha value is -1.79. The number of carbonyl (C=O) groups is 3. The van der Waals surface area contributed by atoms with E-state index in [4.69, 9.17) is 5.11 Å². The predicted molar refractivity (Wildman–Crippen MR) is 77.9 cm³/mol. The Bertz CT molecular complexity index is 367. The number of likely N-dealkylation sites (tertiary alicyclic amines) is 1. The van der Waals surface area contributed by atoms with Gasteiger partial charge in [-0.3, -0.25) is 9.59 Å². The zero-order chi connectivity index (χ0) is 15.7. The molecule has 0 bridgehead atoms. The Balaban J connectivity index is 2.23. The van der Waals surface area contributed by atoms with E-state index < -0.39 is 17.9 Å².